The Morgan fingerprint density at radius 3 is 2.81 bits per heavy atom. The minimum atomic E-state index is -0.0738. The molecule has 1 N–H and O–H groups in total. The van der Waals surface area contributed by atoms with Gasteiger partial charge in [-0.25, -0.2) is 4.68 Å². The maximum atomic E-state index is 5.58. The molecule has 0 unspecified atom stereocenters. The second-order valence-electron chi connectivity index (χ2n) is 6.06. The summed E-state index contributed by atoms with van der Waals surface area (Å²) in [5.74, 6) is 2.19. The number of benzene rings is 2. The molecular formula is C18H18BrN5O2. The number of hydrogen-bond donors (Lipinski definition) is 1. The molecule has 2 aromatic carbocycles. The number of fused-ring (bicyclic) bond motifs is 1. The van der Waals surface area contributed by atoms with Crippen molar-refractivity contribution in [3.63, 3.8) is 0 Å². The molecule has 8 heteroatoms. The van der Waals surface area contributed by atoms with E-state index in [0.717, 1.165) is 28.0 Å². The molecule has 0 radical (unpaired) electrons. The highest BCUT2D eigenvalue weighted by Gasteiger charge is 2.32. The van der Waals surface area contributed by atoms with E-state index >= 15 is 0 Å². The average molecular weight is 416 g/mol. The normalized spacial score (nSPS) is 18.7. The summed E-state index contributed by atoms with van der Waals surface area (Å²) in [6, 6.07) is 14.0. The molecule has 1 aromatic heterocycles. The largest absolute Gasteiger partial charge is 0.497 e. The van der Waals surface area contributed by atoms with Gasteiger partial charge in [-0.15, -0.1) is 0 Å². The first-order valence-corrected chi connectivity index (χ1v) is 9.00. The van der Waals surface area contributed by atoms with Gasteiger partial charge in [-0.2, -0.15) is 0 Å². The summed E-state index contributed by atoms with van der Waals surface area (Å²) in [5, 5.41) is 15.6. The Morgan fingerprint density at radius 1 is 1.15 bits per heavy atom. The third kappa shape index (κ3) is 3.01. The molecule has 3 aromatic rings. The summed E-state index contributed by atoms with van der Waals surface area (Å²) in [4.78, 5) is 0. The molecule has 0 bridgehead atoms. The lowest BCUT2D eigenvalue weighted by molar-refractivity contribution is 0.371. The molecule has 0 saturated carbocycles. The summed E-state index contributed by atoms with van der Waals surface area (Å²) in [7, 11) is 3.32. The van der Waals surface area contributed by atoms with Gasteiger partial charge >= 0.3 is 0 Å². The quantitative estimate of drug-likeness (QED) is 0.701. The summed E-state index contributed by atoms with van der Waals surface area (Å²) in [6.07, 6.45) is 0.776. The van der Waals surface area contributed by atoms with Crippen molar-refractivity contribution in [2.45, 2.75) is 18.5 Å². The van der Waals surface area contributed by atoms with Crippen molar-refractivity contribution < 1.29 is 9.47 Å². The van der Waals surface area contributed by atoms with Crippen LogP contribution in [0, 0.1) is 0 Å². The average Bonchev–Trinajstić information content (AvgIpc) is 3.15. The van der Waals surface area contributed by atoms with Crippen LogP contribution in [0.4, 0.5) is 5.95 Å². The van der Waals surface area contributed by atoms with Gasteiger partial charge in [-0.1, -0.05) is 33.2 Å². The Balaban J connectivity index is 1.79. The Hall–Kier alpha value is -2.61. The maximum Gasteiger partial charge on any atom is 0.243 e. The van der Waals surface area contributed by atoms with Crippen molar-refractivity contribution in [1.29, 1.82) is 0 Å². The van der Waals surface area contributed by atoms with Gasteiger partial charge in [0.2, 0.25) is 5.95 Å². The highest BCUT2D eigenvalue weighted by atomic mass is 79.9. The molecule has 134 valence electrons. The standard InChI is InChI=1S/C18H18BrN5O2/c1-25-13-6-7-17(26-2)14(9-13)16-10-15(11-4-3-5-12(19)8-11)20-18-21-22-23-24(16)18/h3-9,15-16H,10H2,1-2H3,(H,20,21,23)/t15-,16+/m1/s1. The lowest BCUT2D eigenvalue weighted by atomic mass is 9.92. The van der Waals surface area contributed by atoms with Crippen LogP contribution in [0.15, 0.2) is 46.9 Å². The number of halogens is 1. The first-order valence-electron chi connectivity index (χ1n) is 8.21. The van der Waals surface area contributed by atoms with Crippen LogP contribution in [0.2, 0.25) is 0 Å². The fourth-order valence-electron chi connectivity index (χ4n) is 3.34. The third-order valence-corrected chi connectivity index (χ3v) is 5.09. The van der Waals surface area contributed by atoms with E-state index in [4.69, 9.17) is 9.47 Å². The van der Waals surface area contributed by atoms with Gasteiger partial charge in [-0.3, -0.25) is 0 Å². The van der Waals surface area contributed by atoms with Crippen LogP contribution in [0.25, 0.3) is 0 Å². The molecule has 1 aliphatic heterocycles. The lowest BCUT2D eigenvalue weighted by Gasteiger charge is -2.31. The zero-order valence-corrected chi connectivity index (χ0v) is 16.0. The summed E-state index contributed by atoms with van der Waals surface area (Å²) < 4.78 is 13.8. The minimum absolute atomic E-state index is 0.0738. The van der Waals surface area contributed by atoms with E-state index in [-0.39, 0.29) is 12.1 Å². The van der Waals surface area contributed by atoms with E-state index < -0.39 is 0 Å². The monoisotopic (exact) mass is 415 g/mol. The van der Waals surface area contributed by atoms with Crippen molar-refractivity contribution in [3.8, 4) is 11.5 Å². The molecule has 0 aliphatic carbocycles. The first kappa shape index (κ1) is 16.8. The van der Waals surface area contributed by atoms with Gasteiger partial charge in [-0.05, 0) is 52.7 Å². The number of hydrogen-bond acceptors (Lipinski definition) is 6. The number of nitrogens with one attached hydrogen (secondary N) is 1. The molecule has 0 fully saturated rings. The Kier molecular flexibility index (Phi) is 4.50. The van der Waals surface area contributed by atoms with Gasteiger partial charge in [0.05, 0.1) is 26.3 Å². The van der Waals surface area contributed by atoms with Crippen LogP contribution in [0.3, 0.4) is 0 Å². The van der Waals surface area contributed by atoms with Crippen molar-refractivity contribution >= 4 is 21.9 Å². The van der Waals surface area contributed by atoms with E-state index in [2.05, 4.69) is 48.9 Å². The zero-order valence-electron chi connectivity index (χ0n) is 14.4. The molecule has 0 amide bonds. The Bertz CT molecular complexity index is 929. The van der Waals surface area contributed by atoms with Crippen molar-refractivity contribution in [3.05, 3.63) is 58.1 Å². The molecule has 26 heavy (non-hydrogen) atoms. The van der Waals surface area contributed by atoms with Crippen LogP contribution in [0.1, 0.15) is 29.6 Å². The number of tetrazole rings is 1. The number of nitrogens with zero attached hydrogens (tertiary/aromatic N) is 4. The summed E-state index contributed by atoms with van der Waals surface area (Å²) >= 11 is 3.54. The summed E-state index contributed by atoms with van der Waals surface area (Å²) in [6.45, 7) is 0. The van der Waals surface area contributed by atoms with E-state index in [1.807, 2.05) is 30.3 Å². The van der Waals surface area contributed by atoms with Gasteiger partial charge in [0, 0.05) is 10.0 Å². The van der Waals surface area contributed by atoms with Gasteiger partial charge < -0.3 is 14.8 Å². The molecule has 2 heterocycles. The van der Waals surface area contributed by atoms with E-state index in [1.165, 1.54) is 5.56 Å². The van der Waals surface area contributed by atoms with Gasteiger partial charge in [0.15, 0.2) is 0 Å². The van der Waals surface area contributed by atoms with Crippen molar-refractivity contribution in [1.82, 2.24) is 20.2 Å². The number of ether oxygens (including phenoxy) is 2. The van der Waals surface area contributed by atoms with E-state index in [9.17, 15) is 0 Å². The van der Waals surface area contributed by atoms with Crippen LogP contribution in [-0.4, -0.2) is 34.4 Å². The highest BCUT2D eigenvalue weighted by molar-refractivity contribution is 9.10. The van der Waals surface area contributed by atoms with Crippen LogP contribution in [0.5, 0.6) is 11.5 Å². The van der Waals surface area contributed by atoms with Crippen molar-refractivity contribution in [2.75, 3.05) is 19.5 Å². The van der Waals surface area contributed by atoms with Crippen molar-refractivity contribution in [2.24, 2.45) is 0 Å². The molecular weight excluding hydrogens is 398 g/mol. The predicted octanol–water partition coefficient (Wildman–Crippen LogP) is 3.60. The molecule has 2 atom stereocenters. The third-order valence-electron chi connectivity index (χ3n) is 4.60. The number of methoxy groups -OCH3 is 2. The molecule has 0 saturated heterocycles. The zero-order chi connectivity index (χ0) is 18.1. The van der Waals surface area contributed by atoms with E-state index in [0.29, 0.717) is 5.95 Å². The smallest absolute Gasteiger partial charge is 0.243 e. The number of anilines is 1. The molecule has 7 nitrogen and oxygen atoms in total. The number of aromatic nitrogens is 4. The van der Waals surface area contributed by atoms with Crippen LogP contribution >= 0.6 is 15.9 Å². The second-order valence-corrected chi connectivity index (χ2v) is 6.97. The Morgan fingerprint density at radius 2 is 2.04 bits per heavy atom. The van der Waals surface area contributed by atoms with Gasteiger partial charge in [0.1, 0.15) is 11.5 Å². The van der Waals surface area contributed by atoms with Crippen LogP contribution < -0.4 is 14.8 Å². The van der Waals surface area contributed by atoms with Crippen LogP contribution in [-0.2, 0) is 0 Å². The fourth-order valence-corrected chi connectivity index (χ4v) is 3.75. The highest BCUT2D eigenvalue weighted by Crippen LogP contribution is 2.41. The second kappa shape index (κ2) is 6.95. The fraction of sp³-hybridized carbons (Fsp3) is 0.278. The first-order chi connectivity index (χ1) is 12.7. The maximum absolute atomic E-state index is 5.58. The summed E-state index contributed by atoms with van der Waals surface area (Å²) in [5.41, 5.74) is 2.15. The molecule has 4 rings (SSSR count). The molecule has 1 aliphatic rings. The SMILES string of the molecule is COc1ccc(OC)c([C@@H]2C[C@H](c3cccc(Br)c3)Nc3nnnn32)c1. The molecule has 0 spiro atoms. The van der Waals surface area contributed by atoms with Gasteiger partial charge in [0.25, 0.3) is 0 Å². The Labute approximate surface area is 159 Å². The lowest BCUT2D eigenvalue weighted by Crippen LogP contribution is -2.28. The van der Waals surface area contributed by atoms with E-state index in [1.54, 1.807) is 18.9 Å². The predicted molar refractivity (Wildman–Crippen MR) is 101 cm³/mol. The number of rotatable bonds is 4. The topological polar surface area (TPSA) is 74.1 Å². The minimum Gasteiger partial charge on any atom is -0.497 e.